The van der Waals surface area contributed by atoms with Gasteiger partial charge in [-0.05, 0) is 196 Å². The van der Waals surface area contributed by atoms with Crippen LogP contribution in [-0.4, -0.2) is 0 Å². The molecule has 0 saturated heterocycles. The topological polar surface area (TPSA) is 6.48 Å². The number of para-hydroxylation sites is 4. The van der Waals surface area contributed by atoms with E-state index in [1.165, 1.54) is 65.9 Å². The Morgan fingerprint density at radius 1 is 0.478 bits per heavy atom. The molecule has 10 rings (SSSR count). The second-order valence-electron chi connectivity index (χ2n) is 17.6. The number of allylic oxidation sites excluding steroid dienone is 14. The maximum absolute atomic E-state index is 4.72. The molecule has 0 saturated carbocycles. The predicted molar refractivity (Wildman–Crippen MR) is 293 cm³/mol. The van der Waals surface area contributed by atoms with E-state index in [1.807, 2.05) is 6.08 Å². The van der Waals surface area contributed by atoms with Gasteiger partial charge < -0.3 is 9.80 Å². The average Bonchev–Trinajstić information content (AvgIpc) is 3.81. The molecule has 8 aromatic rings. The van der Waals surface area contributed by atoms with Crippen LogP contribution in [0, 0.1) is 0 Å². The van der Waals surface area contributed by atoms with E-state index < -0.39 is 0 Å². The fourth-order valence-corrected chi connectivity index (χ4v) is 10.5. The van der Waals surface area contributed by atoms with Crippen LogP contribution >= 0.6 is 0 Å². The lowest BCUT2D eigenvalue weighted by molar-refractivity contribution is 1.22. The zero-order chi connectivity index (χ0) is 46.2. The summed E-state index contributed by atoms with van der Waals surface area (Å²) in [5, 5.41) is 7.10. The van der Waals surface area contributed by atoms with Crippen molar-refractivity contribution < 1.29 is 0 Å². The molecular formula is C65H56N2. The third-order valence-corrected chi connectivity index (χ3v) is 13.3. The SMILES string of the molecule is C=C/C=C1\C(=C)/C(=C\C=C/CC)c2cc3c(N(c4ccccc4)c4ccccc4)cc4c5cc6c(cc5c(N(c5ccccc5)c5ccccc5)cc4c3cc21)/C(=C/C)C(=C(C)C)/C6=C\CC. The summed E-state index contributed by atoms with van der Waals surface area (Å²) in [5.41, 5.74) is 20.0. The Kier molecular flexibility index (Phi) is 11.6. The highest BCUT2D eigenvalue weighted by atomic mass is 15.1. The van der Waals surface area contributed by atoms with Crippen LogP contribution in [0.15, 0.2) is 230 Å². The van der Waals surface area contributed by atoms with Crippen molar-refractivity contribution in [3.8, 4) is 0 Å². The fraction of sp³-hybridized carbons (Fsp3) is 0.108. The van der Waals surface area contributed by atoms with E-state index in [4.69, 9.17) is 6.58 Å². The molecule has 2 aliphatic rings. The maximum Gasteiger partial charge on any atom is 0.0546 e. The molecule has 0 aliphatic heterocycles. The molecule has 2 aliphatic carbocycles. The summed E-state index contributed by atoms with van der Waals surface area (Å²) in [6.07, 6.45) is 17.3. The molecule has 2 nitrogen and oxygen atoms in total. The monoisotopic (exact) mass is 864 g/mol. The Balaban J connectivity index is 1.44. The minimum absolute atomic E-state index is 0.941. The van der Waals surface area contributed by atoms with Gasteiger partial charge in [-0.1, -0.05) is 148 Å². The van der Waals surface area contributed by atoms with Crippen LogP contribution in [0.25, 0.3) is 54.6 Å². The highest BCUT2D eigenvalue weighted by molar-refractivity contribution is 6.27. The molecule has 0 amide bonds. The van der Waals surface area contributed by atoms with Gasteiger partial charge in [-0.15, -0.1) is 0 Å². The zero-order valence-corrected chi connectivity index (χ0v) is 39.3. The molecule has 0 unspecified atom stereocenters. The maximum atomic E-state index is 4.72. The van der Waals surface area contributed by atoms with Crippen LogP contribution in [0.2, 0.25) is 0 Å². The highest BCUT2D eigenvalue weighted by Gasteiger charge is 2.31. The van der Waals surface area contributed by atoms with E-state index in [2.05, 4.69) is 245 Å². The number of nitrogens with zero attached hydrogens (tertiary/aromatic N) is 2. The average molecular weight is 865 g/mol. The summed E-state index contributed by atoms with van der Waals surface area (Å²) >= 11 is 0. The van der Waals surface area contributed by atoms with Gasteiger partial charge in [0.05, 0.1) is 11.4 Å². The summed E-state index contributed by atoms with van der Waals surface area (Å²) < 4.78 is 0. The molecule has 0 radical (unpaired) electrons. The van der Waals surface area contributed by atoms with Crippen molar-refractivity contribution >= 4 is 88.7 Å². The summed E-state index contributed by atoms with van der Waals surface area (Å²) in [7, 11) is 0. The van der Waals surface area contributed by atoms with Gasteiger partial charge in [-0.2, -0.15) is 0 Å². The number of anilines is 6. The highest BCUT2D eigenvalue weighted by Crippen LogP contribution is 2.54. The fourth-order valence-electron chi connectivity index (χ4n) is 10.5. The van der Waals surface area contributed by atoms with E-state index in [1.54, 1.807) is 0 Å². The Morgan fingerprint density at radius 2 is 0.866 bits per heavy atom. The molecule has 8 aromatic carbocycles. The number of hydrogen-bond donors (Lipinski definition) is 0. The minimum atomic E-state index is 0.941. The van der Waals surface area contributed by atoms with Crippen LogP contribution in [0.5, 0.6) is 0 Å². The summed E-state index contributed by atoms with van der Waals surface area (Å²) in [6.45, 7) is 20.0. The molecule has 67 heavy (non-hydrogen) atoms. The van der Waals surface area contributed by atoms with Gasteiger partial charge in [-0.3, -0.25) is 0 Å². The smallest absolute Gasteiger partial charge is 0.0546 e. The molecular weight excluding hydrogens is 809 g/mol. The standard InChI is InChI=1S/C65H56N2/c1-8-12-17-36-51-44(7)50(26-9-2)54-37-57-59-41-63(66(45-28-18-13-19-29-45)46-30-20-14-21-31-46)61-39-53-49(11-4)65(43(5)6)52(27-10-3)56(53)38-58(61)60(59)42-64(62(57)40-55(51)54)67(47-32-22-15-23-33-47)48-34-24-16-25-35-48/h9,11-42H,2,7-8,10H2,1,3-6H3/b17-12-,49-11-,50-26+,51-36+,52-27-. The second-order valence-corrected chi connectivity index (χ2v) is 17.6. The van der Waals surface area contributed by atoms with Gasteiger partial charge in [-0.25, -0.2) is 0 Å². The molecule has 2 heteroatoms. The first-order chi connectivity index (χ1) is 32.9. The molecule has 0 fully saturated rings. The number of fused-ring (bicyclic) bond motifs is 7. The van der Waals surface area contributed by atoms with Gasteiger partial charge in [0.2, 0.25) is 0 Å². The van der Waals surface area contributed by atoms with E-state index in [0.717, 1.165) is 74.6 Å². The van der Waals surface area contributed by atoms with Crippen molar-refractivity contribution in [2.45, 2.75) is 47.5 Å². The Bertz CT molecular complexity index is 3370. The first-order valence-corrected chi connectivity index (χ1v) is 23.7. The first kappa shape index (κ1) is 43.0. The summed E-state index contributed by atoms with van der Waals surface area (Å²) in [6, 6.07) is 58.1. The molecule has 0 spiro atoms. The summed E-state index contributed by atoms with van der Waals surface area (Å²) in [4.78, 5) is 4.88. The lowest BCUT2D eigenvalue weighted by Crippen LogP contribution is -2.12. The number of hydrogen-bond acceptors (Lipinski definition) is 2. The van der Waals surface area contributed by atoms with E-state index >= 15 is 0 Å². The third-order valence-electron chi connectivity index (χ3n) is 13.3. The van der Waals surface area contributed by atoms with Crippen LogP contribution < -0.4 is 9.80 Å². The molecule has 0 aromatic heterocycles. The lowest BCUT2D eigenvalue weighted by Gasteiger charge is -2.30. The molecule has 0 heterocycles. The van der Waals surface area contributed by atoms with Crippen molar-refractivity contribution in [2.24, 2.45) is 0 Å². The van der Waals surface area contributed by atoms with E-state index in [9.17, 15) is 0 Å². The van der Waals surface area contributed by atoms with Crippen LogP contribution in [-0.2, 0) is 0 Å². The predicted octanol–water partition coefficient (Wildman–Crippen LogP) is 19.1. The Morgan fingerprint density at radius 3 is 1.25 bits per heavy atom. The first-order valence-electron chi connectivity index (χ1n) is 23.7. The van der Waals surface area contributed by atoms with Crippen molar-refractivity contribution in [3.63, 3.8) is 0 Å². The van der Waals surface area contributed by atoms with Crippen LogP contribution in [0.1, 0.15) is 69.7 Å². The minimum Gasteiger partial charge on any atom is -0.310 e. The van der Waals surface area contributed by atoms with E-state index in [-0.39, 0.29) is 0 Å². The van der Waals surface area contributed by atoms with Crippen molar-refractivity contribution in [1.29, 1.82) is 0 Å². The van der Waals surface area contributed by atoms with Crippen LogP contribution in [0.3, 0.4) is 0 Å². The largest absolute Gasteiger partial charge is 0.310 e. The van der Waals surface area contributed by atoms with E-state index in [0.29, 0.717) is 0 Å². The number of benzene rings is 8. The van der Waals surface area contributed by atoms with Gasteiger partial charge in [0.25, 0.3) is 0 Å². The normalized spacial score (nSPS) is 15.8. The quantitative estimate of drug-likeness (QED) is 0.126. The lowest BCUT2D eigenvalue weighted by atomic mass is 9.89. The van der Waals surface area contributed by atoms with Gasteiger partial charge in [0.1, 0.15) is 0 Å². The molecule has 0 N–H and O–H groups in total. The molecule has 326 valence electrons. The van der Waals surface area contributed by atoms with Crippen molar-refractivity contribution in [1.82, 2.24) is 0 Å². The van der Waals surface area contributed by atoms with Crippen LogP contribution in [0.4, 0.5) is 34.1 Å². The molecule has 0 bridgehead atoms. The van der Waals surface area contributed by atoms with Gasteiger partial charge in [0, 0.05) is 33.5 Å². The van der Waals surface area contributed by atoms with Crippen molar-refractivity contribution in [2.75, 3.05) is 9.80 Å². The van der Waals surface area contributed by atoms with Gasteiger partial charge in [0.15, 0.2) is 0 Å². The Labute approximate surface area is 396 Å². The third kappa shape index (κ3) is 7.40. The number of rotatable bonds is 10. The second kappa shape index (κ2) is 18.1. The molecule has 0 atom stereocenters. The summed E-state index contributed by atoms with van der Waals surface area (Å²) in [5.74, 6) is 0. The van der Waals surface area contributed by atoms with Gasteiger partial charge >= 0.3 is 0 Å². The Hall–Kier alpha value is -7.94. The zero-order valence-electron chi connectivity index (χ0n) is 39.3. The van der Waals surface area contributed by atoms with Crippen molar-refractivity contribution in [3.05, 3.63) is 252 Å².